The Balaban J connectivity index is 2.32. The van der Waals surface area contributed by atoms with Gasteiger partial charge in [-0.3, -0.25) is 4.79 Å². The maximum Gasteiger partial charge on any atom is 0.274 e. The molecular formula is C12H8BrCl2NO3S2. The van der Waals surface area contributed by atoms with E-state index in [1.807, 2.05) is 4.72 Å². The summed E-state index contributed by atoms with van der Waals surface area (Å²) < 4.78 is 26.9. The third-order valence-electron chi connectivity index (χ3n) is 2.43. The lowest BCUT2D eigenvalue weighted by atomic mass is 10.2. The van der Waals surface area contributed by atoms with Crippen molar-refractivity contribution < 1.29 is 13.2 Å². The number of halogens is 3. The predicted molar refractivity (Wildman–Crippen MR) is 87.9 cm³/mol. The average Bonchev–Trinajstić information content (AvgIpc) is 2.68. The minimum absolute atomic E-state index is 0.0362. The maximum absolute atomic E-state index is 12.2. The van der Waals surface area contributed by atoms with Crippen LogP contribution in [-0.2, 0) is 10.0 Å². The molecule has 1 aromatic carbocycles. The van der Waals surface area contributed by atoms with Gasteiger partial charge in [0.05, 0.1) is 10.6 Å². The zero-order valence-corrected chi connectivity index (χ0v) is 15.2. The molecule has 0 aliphatic carbocycles. The molecule has 0 unspecified atom stereocenters. The Hall–Kier alpha value is -0.600. The normalized spacial score (nSPS) is 11.4. The van der Waals surface area contributed by atoms with Gasteiger partial charge in [0.15, 0.2) is 4.21 Å². The van der Waals surface area contributed by atoms with Gasteiger partial charge in [-0.05, 0) is 47.1 Å². The van der Waals surface area contributed by atoms with Crippen LogP contribution in [0, 0.1) is 6.92 Å². The molecule has 0 saturated carbocycles. The fourth-order valence-electron chi connectivity index (χ4n) is 1.54. The molecule has 0 aliphatic heterocycles. The molecule has 0 spiro atoms. The minimum atomic E-state index is -3.96. The van der Waals surface area contributed by atoms with Crippen LogP contribution in [0.15, 0.2) is 32.9 Å². The van der Waals surface area contributed by atoms with Crippen molar-refractivity contribution in [2.24, 2.45) is 0 Å². The molecule has 0 saturated heterocycles. The number of thiophene rings is 1. The van der Waals surface area contributed by atoms with E-state index in [-0.39, 0.29) is 14.8 Å². The van der Waals surface area contributed by atoms with Crippen LogP contribution in [0.1, 0.15) is 15.2 Å². The molecule has 1 aromatic heterocycles. The van der Waals surface area contributed by atoms with Crippen molar-refractivity contribution in [2.45, 2.75) is 11.1 Å². The van der Waals surface area contributed by atoms with Crippen molar-refractivity contribution in [3.63, 3.8) is 0 Å². The number of hydrogen-bond acceptors (Lipinski definition) is 4. The lowest BCUT2D eigenvalue weighted by molar-refractivity contribution is 0.0981. The highest BCUT2D eigenvalue weighted by atomic mass is 79.9. The number of amides is 1. The van der Waals surface area contributed by atoms with Crippen molar-refractivity contribution in [3.8, 4) is 0 Å². The van der Waals surface area contributed by atoms with Crippen LogP contribution in [0.25, 0.3) is 0 Å². The first-order chi connectivity index (χ1) is 9.70. The van der Waals surface area contributed by atoms with Crippen molar-refractivity contribution in [1.29, 1.82) is 0 Å². The van der Waals surface area contributed by atoms with Crippen LogP contribution in [0.4, 0.5) is 0 Å². The molecule has 21 heavy (non-hydrogen) atoms. The fourth-order valence-corrected chi connectivity index (χ4v) is 5.76. The van der Waals surface area contributed by atoms with Crippen LogP contribution in [0.3, 0.4) is 0 Å². The summed E-state index contributed by atoms with van der Waals surface area (Å²) in [4.78, 5) is 12.9. The maximum atomic E-state index is 12.2. The first-order valence-corrected chi connectivity index (χ1v) is 9.33. The van der Waals surface area contributed by atoms with Gasteiger partial charge in [-0.25, -0.2) is 13.1 Å². The molecule has 1 heterocycles. The summed E-state index contributed by atoms with van der Waals surface area (Å²) >= 11 is 15.8. The molecule has 0 radical (unpaired) electrons. The van der Waals surface area contributed by atoms with E-state index in [9.17, 15) is 13.2 Å². The van der Waals surface area contributed by atoms with Crippen molar-refractivity contribution in [3.05, 3.63) is 49.2 Å². The molecular weight excluding hydrogens is 421 g/mol. The third-order valence-corrected chi connectivity index (χ3v) is 7.04. The molecule has 0 bridgehead atoms. The van der Waals surface area contributed by atoms with E-state index in [4.69, 9.17) is 23.2 Å². The Morgan fingerprint density at radius 3 is 2.48 bits per heavy atom. The van der Waals surface area contributed by atoms with Crippen LogP contribution >= 0.6 is 50.5 Å². The lowest BCUT2D eigenvalue weighted by Crippen LogP contribution is -2.30. The van der Waals surface area contributed by atoms with Crippen molar-refractivity contribution >= 4 is 66.4 Å². The van der Waals surface area contributed by atoms with E-state index in [1.165, 1.54) is 18.2 Å². The minimum Gasteiger partial charge on any atom is -0.268 e. The number of carbonyl (C=O) groups excluding carboxylic acids is 1. The van der Waals surface area contributed by atoms with Gasteiger partial charge in [-0.1, -0.05) is 23.2 Å². The van der Waals surface area contributed by atoms with Gasteiger partial charge in [-0.15, -0.1) is 11.3 Å². The van der Waals surface area contributed by atoms with Gasteiger partial charge in [-0.2, -0.15) is 0 Å². The van der Waals surface area contributed by atoms with Crippen LogP contribution in [0.2, 0.25) is 10.0 Å². The Kier molecular flexibility index (Phi) is 4.99. The number of benzene rings is 1. The van der Waals surface area contributed by atoms with Gasteiger partial charge in [0.1, 0.15) is 0 Å². The topological polar surface area (TPSA) is 63.2 Å². The molecule has 0 aliphatic rings. The van der Waals surface area contributed by atoms with Crippen molar-refractivity contribution in [2.75, 3.05) is 0 Å². The Labute approximate surface area is 144 Å². The second-order valence-corrected chi connectivity index (χ2v) is 8.88. The molecule has 2 aromatic rings. The Morgan fingerprint density at radius 1 is 1.29 bits per heavy atom. The van der Waals surface area contributed by atoms with Gasteiger partial charge < -0.3 is 0 Å². The molecule has 0 fully saturated rings. The van der Waals surface area contributed by atoms with Gasteiger partial charge in [0, 0.05) is 14.4 Å². The number of nitrogens with one attached hydrogen (secondary N) is 1. The monoisotopic (exact) mass is 427 g/mol. The first kappa shape index (κ1) is 16.8. The number of aryl methyl sites for hydroxylation is 1. The summed E-state index contributed by atoms with van der Waals surface area (Å²) in [5.74, 6) is -0.811. The summed E-state index contributed by atoms with van der Waals surface area (Å²) in [6.07, 6.45) is 0. The zero-order valence-electron chi connectivity index (χ0n) is 10.5. The van der Waals surface area contributed by atoms with Gasteiger partial charge in [0.25, 0.3) is 15.9 Å². The highest BCUT2D eigenvalue weighted by Crippen LogP contribution is 2.31. The summed E-state index contributed by atoms with van der Waals surface area (Å²) in [6, 6.07) is 5.86. The first-order valence-electron chi connectivity index (χ1n) is 5.49. The molecule has 9 heteroatoms. The standard InChI is InChI=1S/C12H8BrCl2NO3S2/c1-6-4-9(13)12(20-6)21(18,19)16-11(17)8-3-2-7(14)5-10(8)15/h2-5H,1H3,(H,16,17). The molecule has 112 valence electrons. The van der Waals surface area contributed by atoms with E-state index >= 15 is 0 Å². The van der Waals surface area contributed by atoms with E-state index in [0.29, 0.717) is 9.50 Å². The summed E-state index contributed by atoms with van der Waals surface area (Å²) in [7, 11) is -3.96. The van der Waals surface area contributed by atoms with E-state index in [0.717, 1.165) is 16.2 Å². The molecule has 2 rings (SSSR count). The largest absolute Gasteiger partial charge is 0.274 e. The second kappa shape index (κ2) is 6.26. The number of carbonyl (C=O) groups is 1. The highest BCUT2D eigenvalue weighted by Gasteiger charge is 2.24. The number of sulfonamides is 1. The summed E-state index contributed by atoms with van der Waals surface area (Å²) in [5.41, 5.74) is 0.0362. The average molecular weight is 429 g/mol. The quantitative estimate of drug-likeness (QED) is 0.794. The SMILES string of the molecule is Cc1cc(Br)c(S(=O)(=O)NC(=O)c2ccc(Cl)cc2Cl)s1. The highest BCUT2D eigenvalue weighted by molar-refractivity contribution is 9.10. The lowest BCUT2D eigenvalue weighted by Gasteiger charge is -2.07. The van der Waals surface area contributed by atoms with E-state index < -0.39 is 15.9 Å². The summed E-state index contributed by atoms with van der Waals surface area (Å²) in [5, 5.41) is 0.438. The van der Waals surface area contributed by atoms with E-state index in [2.05, 4.69) is 15.9 Å². The van der Waals surface area contributed by atoms with Crippen molar-refractivity contribution in [1.82, 2.24) is 4.72 Å². The third kappa shape index (κ3) is 3.78. The predicted octanol–water partition coefficient (Wildman–Crippen LogP) is 4.24. The smallest absolute Gasteiger partial charge is 0.268 e. The Morgan fingerprint density at radius 2 is 1.95 bits per heavy atom. The molecule has 4 nitrogen and oxygen atoms in total. The van der Waals surface area contributed by atoms with Crippen LogP contribution < -0.4 is 4.72 Å². The Bertz CT molecular complexity index is 818. The number of hydrogen-bond donors (Lipinski definition) is 1. The van der Waals surface area contributed by atoms with Crippen LogP contribution in [0.5, 0.6) is 0 Å². The molecule has 1 amide bonds. The zero-order chi connectivity index (χ0) is 15.8. The van der Waals surface area contributed by atoms with Gasteiger partial charge >= 0.3 is 0 Å². The fraction of sp³-hybridized carbons (Fsp3) is 0.0833. The molecule has 0 atom stereocenters. The van der Waals surface area contributed by atoms with Crippen LogP contribution in [-0.4, -0.2) is 14.3 Å². The number of rotatable bonds is 3. The molecule has 1 N–H and O–H groups in total. The second-order valence-electron chi connectivity index (χ2n) is 4.05. The summed E-state index contributed by atoms with van der Waals surface area (Å²) in [6.45, 7) is 1.77. The van der Waals surface area contributed by atoms with E-state index in [1.54, 1.807) is 13.0 Å². The van der Waals surface area contributed by atoms with Gasteiger partial charge in [0.2, 0.25) is 0 Å².